The lowest BCUT2D eigenvalue weighted by molar-refractivity contribution is 0.0472. The molecule has 17 heavy (non-hydrogen) atoms. The molecule has 0 aromatic heterocycles. The summed E-state index contributed by atoms with van der Waals surface area (Å²) in [6.45, 7) is 6.19. The summed E-state index contributed by atoms with van der Waals surface area (Å²) in [5.74, 6) is 0.443. The molecular weight excluding hydrogens is 218 g/mol. The highest BCUT2D eigenvalue weighted by molar-refractivity contribution is 5.67. The Morgan fingerprint density at radius 1 is 1.35 bits per heavy atom. The lowest BCUT2D eigenvalue weighted by atomic mass is 9.85. The van der Waals surface area contributed by atoms with Gasteiger partial charge >= 0.3 is 6.09 Å². The minimum atomic E-state index is -0.467. The molecule has 0 saturated heterocycles. The number of nitrogens with two attached hydrogens (primary N) is 1. The Hall–Kier alpha value is -0.810. The van der Waals surface area contributed by atoms with Crippen LogP contribution in [0.25, 0.3) is 0 Å². The molecule has 1 fully saturated rings. The van der Waals surface area contributed by atoms with Crippen LogP contribution in [0.5, 0.6) is 0 Å². The molecule has 0 spiro atoms. The summed E-state index contributed by atoms with van der Waals surface area (Å²) in [6, 6.07) is 0.265. The summed E-state index contributed by atoms with van der Waals surface area (Å²) in [5, 5.41) is 0. The van der Waals surface area contributed by atoms with Gasteiger partial charge in [-0.2, -0.15) is 0 Å². The van der Waals surface area contributed by atoms with Crippen LogP contribution >= 0.6 is 0 Å². The highest BCUT2D eigenvalue weighted by Crippen LogP contribution is 2.22. The Bertz CT molecular complexity index is 251. The van der Waals surface area contributed by atoms with E-state index in [1.54, 1.807) is 0 Å². The van der Waals surface area contributed by atoms with Gasteiger partial charge < -0.3 is 10.5 Å². The minimum Gasteiger partial charge on any atom is -0.443 e. The molecule has 1 saturated carbocycles. The van der Waals surface area contributed by atoms with Crippen molar-refractivity contribution < 1.29 is 9.53 Å². The van der Waals surface area contributed by atoms with Gasteiger partial charge in [-0.15, -0.1) is 0 Å². The van der Waals surface area contributed by atoms with E-state index in [0.29, 0.717) is 12.5 Å². The van der Waals surface area contributed by atoms with Gasteiger partial charge in [0.15, 0.2) is 0 Å². The molecule has 2 atom stereocenters. The van der Waals surface area contributed by atoms with Crippen molar-refractivity contribution in [2.45, 2.75) is 58.1 Å². The van der Waals surface area contributed by atoms with E-state index in [2.05, 4.69) is 10.9 Å². The van der Waals surface area contributed by atoms with E-state index < -0.39 is 11.7 Å². The molecule has 1 aliphatic rings. The van der Waals surface area contributed by atoms with Crippen LogP contribution in [0.4, 0.5) is 4.79 Å². The van der Waals surface area contributed by atoms with E-state index in [4.69, 9.17) is 10.5 Å². The third-order valence-corrected chi connectivity index (χ3v) is 2.97. The molecular formula is C12H25N3O2. The molecule has 100 valence electrons. The molecule has 0 aromatic carbocycles. The number of hydrazine groups is 1. The van der Waals surface area contributed by atoms with Gasteiger partial charge in [-0.25, -0.2) is 10.2 Å². The molecule has 0 aliphatic heterocycles. The predicted octanol–water partition coefficient (Wildman–Crippen LogP) is 1.53. The monoisotopic (exact) mass is 243 g/mol. The van der Waals surface area contributed by atoms with Crippen LogP contribution in [0.2, 0.25) is 0 Å². The predicted molar refractivity (Wildman–Crippen MR) is 67.3 cm³/mol. The molecule has 0 heterocycles. The molecule has 5 nitrogen and oxygen atoms in total. The van der Waals surface area contributed by atoms with Crippen molar-refractivity contribution in [1.29, 1.82) is 0 Å². The van der Waals surface area contributed by atoms with E-state index in [1.165, 1.54) is 12.8 Å². The topological polar surface area (TPSA) is 76.4 Å². The summed E-state index contributed by atoms with van der Waals surface area (Å²) < 4.78 is 5.15. The smallest absolute Gasteiger partial charge is 0.422 e. The maximum absolute atomic E-state index is 11.5. The van der Waals surface area contributed by atoms with Crippen molar-refractivity contribution in [2.75, 3.05) is 6.54 Å². The number of carbonyl (C=O) groups is 1. The third-order valence-electron chi connectivity index (χ3n) is 2.97. The second kappa shape index (κ2) is 6.21. The molecule has 4 N–H and O–H groups in total. The second-order valence-corrected chi connectivity index (χ2v) is 5.66. The van der Waals surface area contributed by atoms with Gasteiger partial charge in [0.25, 0.3) is 0 Å². The Morgan fingerprint density at radius 3 is 2.59 bits per heavy atom. The summed E-state index contributed by atoms with van der Waals surface area (Å²) in [7, 11) is 0. The first-order valence-electron chi connectivity index (χ1n) is 6.37. The van der Waals surface area contributed by atoms with Crippen molar-refractivity contribution >= 4 is 6.09 Å². The highest BCUT2D eigenvalue weighted by Gasteiger charge is 2.24. The molecule has 5 heteroatoms. The van der Waals surface area contributed by atoms with Gasteiger partial charge in [-0.3, -0.25) is 5.43 Å². The fraction of sp³-hybridized carbons (Fsp3) is 0.917. The SMILES string of the molecule is CC(C)(C)OC(=O)NNC1CCCCC1CN. The van der Waals surface area contributed by atoms with Crippen molar-refractivity contribution in [3.8, 4) is 0 Å². The van der Waals surface area contributed by atoms with E-state index in [-0.39, 0.29) is 6.04 Å². The number of rotatable bonds is 3. The number of hydrogen-bond donors (Lipinski definition) is 3. The van der Waals surface area contributed by atoms with Crippen LogP contribution in [0.15, 0.2) is 0 Å². The molecule has 0 bridgehead atoms. The first-order valence-corrected chi connectivity index (χ1v) is 6.37. The average Bonchev–Trinajstić information content (AvgIpc) is 2.24. The molecule has 2 unspecified atom stereocenters. The van der Waals surface area contributed by atoms with Gasteiger partial charge in [0.1, 0.15) is 5.60 Å². The van der Waals surface area contributed by atoms with Crippen LogP contribution in [-0.2, 0) is 4.74 Å². The zero-order chi connectivity index (χ0) is 12.9. The Balaban J connectivity index is 2.31. The lowest BCUT2D eigenvalue weighted by Gasteiger charge is -2.31. The van der Waals surface area contributed by atoms with E-state index in [1.807, 2.05) is 20.8 Å². The number of ether oxygens (including phenoxy) is 1. The molecule has 0 aromatic rings. The van der Waals surface area contributed by atoms with Crippen molar-refractivity contribution in [2.24, 2.45) is 11.7 Å². The zero-order valence-corrected chi connectivity index (χ0v) is 11.1. The molecule has 1 rings (SSSR count). The van der Waals surface area contributed by atoms with Crippen LogP contribution in [-0.4, -0.2) is 24.3 Å². The summed E-state index contributed by atoms with van der Waals surface area (Å²) in [6.07, 6.45) is 4.16. The number of amides is 1. The fourth-order valence-electron chi connectivity index (χ4n) is 2.14. The fourth-order valence-corrected chi connectivity index (χ4v) is 2.14. The standard InChI is InChI=1S/C12H25N3O2/c1-12(2,3)17-11(16)15-14-10-7-5-4-6-9(10)8-13/h9-10,14H,4-8,13H2,1-3H3,(H,15,16). The van der Waals surface area contributed by atoms with Crippen molar-refractivity contribution in [3.05, 3.63) is 0 Å². The van der Waals surface area contributed by atoms with Crippen LogP contribution in [0.3, 0.4) is 0 Å². The second-order valence-electron chi connectivity index (χ2n) is 5.66. The molecule has 1 amide bonds. The van der Waals surface area contributed by atoms with Gasteiger partial charge in [0, 0.05) is 6.04 Å². The zero-order valence-electron chi connectivity index (χ0n) is 11.1. The van der Waals surface area contributed by atoms with Gasteiger partial charge in [0.05, 0.1) is 0 Å². The Labute approximate surface area is 103 Å². The van der Waals surface area contributed by atoms with E-state index in [0.717, 1.165) is 12.8 Å². The highest BCUT2D eigenvalue weighted by atomic mass is 16.6. The van der Waals surface area contributed by atoms with E-state index in [9.17, 15) is 4.79 Å². The third kappa shape index (κ3) is 5.37. The Kier molecular flexibility index (Phi) is 5.21. The van der Waals surface area contributed by atoms with Crippen molar-refractivity contribution in [1.82, 2.24) is 10.9 Å². The molecule has 0 radical (unpaired) electrons. The average molecular weight is 243 g/mol. The van der Waals surface area contributed by atoms with Crippen LogP contribution in [0, 0.1) is 5.92 Å². The van der Waals surface area contributed by atoms with Gasteiger partial charge in [-0.05, 0) is 46.1 Å². The van der Waals surface area contributed by atoms with Gasteiger partial charge in [-0.1, -0.05) is 12.8 Å². The summed E-state index contributed by atoms with van der Waals surface area (Å²) in [4.78, 5) is 11.5. The van der Waals surface area contributed by atoms with Gasteiger partial charge in [0.2, 0.25) is 0 Å². The first-order chi connectivity index (χ1) is 7.92. The van der Waals surface area contributed by atoms with Crippen LogP contribution < -0.4 is 16.6 Å². The molecule has 1 aliphatic carbocycles. The number of hydrogen-bond acceptors (Lipinski definition) is 4. The minimum absolute atomic E-state index is 0.265. The van der Waals surface area contributed by atoms with E-state index >= 15 is 0 Å². The maximum atomic E-state index is 11.5. The lowest BCUT2D eigenvalue weighted by Crippen LogP contribution is -2.51. The largest absolute Gasteiger partial charge is 0.443 e. The normalized spacial score (nSPS) is 25.4. The Morgan fingerprint density at radius 2 is 2.00 bits per heavy atom. The number of nitrogens with one attached hydrogen (secondary N) is 2. The quantitative estimate of drug-likeness (QED) is 0.657. The summed E-state index contributed by atoms with van der Waals surface area (Å²) in [5.41, 5.74) is 10.9. The van der Waals surface area contributed by atoms with Crippen molar-refractivity contribution in [3.63, 3.8) is 0 Å². The number of carbonyl (C=O) groups excluding carboxylic acids is 1. The summed E-state index contributed by atoms with van der Waals surface area (Å²) >= 11 is 0. The first kappa shape index (κ1) is 14.3. The maximum Gasteiger partial charge on any atom is 0.422 e. The van der Waals surface area contributed by atoms with Crippen LogP contribution in [0.1, 0.15) is 46.5 Å².